The molecule has 0 heterocycles. The fraction of sp³-hybridized carbons (Fsp3) is 0.462. The summed E-state index contributed by atoms with van der Waals surface area (Å²) in [5.74, 6) is -0.234. The van der Waals surface area contributed by atoms with E-state index in [0.717, 1.165) is 32.2 Å². The lowest BCUT2D eigenvalue weighted by Gasteiger charge is -1.98. The molecule has 0 aliphatic heterocycles. The minimum atomic E-state index is -0.234. The number of benzene rings is 1. The highest BCUT2D eigenvalue weighted by atomic mass is 16.2. The number of carbonyl (C=O) groups is 1. The second-order valence-electron chi connectivity index (χ2n) is 3.97. The van der Waals surface area contributed by atoms with Crippen LogP contribution in [0.2, 0.25) is 0 Å². The second-order valence-corrected chi connectivity index (χ2v) is 3.97. The Bertz CT molecular complexity index is 365. The van der Waals surface area contributed by atoms with Crippen molar-refractivity contribution in [3.8, 4) is 0 Å². The first-order chi connectivity index (χ1) is 8.84. The van der Waals surface area contributed by atoms with E-state index in [2.05, 4.69) is 15.8 Å². The molecule has 5 nitrogen and oxygen atoms in total. The second kappa shape index (κ2) is 9.30. The van der Waals surface area contributed by atoms with Crippen LogP contribution < -0.4 is 11.2 Å². The number of nitrogens with one attached hydrogen (secondary N) is 1. The van der Waals surface area contributed by atoms with Gasteiger partial charge in [0.05, 0.1) is 6.54 Å². The monoisotopic (exact) mass is 248 g/mol. The quantitative estimate of drug-likeness (QED) is 0.420. The Kier molecular flexibility index (Phi) is 7.39. The van der Waals surface area contributed by atoms with E-state index < -0.39 is 0 Å². The maximum atomic E-state index is 11.5. The van der Waals surface area contributed by atoms with Crippen LogP contribution in [0.4, 0.5) is 0 Å². The average Bonchev–Trinajstić information content (AvgIpc) is 2.42. The summed E-state index contributed by atoms with van der Waals surface area (Å²) in [6.45, 7) is 1.38. The van der Waals surface area contributed by atoms with Crippen molar-refractivity contribution in [2.24, 2.45) is 16.1 Å². The van der Waals surface area contributed by atoms with Crippen LogP contribution >= 0.6 is 0 Å². The largest absolute Gasteiger partial charge is 0.330 e. The van der Waals surface area contributed by atoms with Crippen molar-refractivity contribution in [3.63, 3.8) is 0 Å². The standard InChI is InChI=1S/C13H20N4O/c14-10-6-1-2-7-11-15-17-16-13(18)12-8-4-3-5-9-12/h3-5,8-9H,1-2,6-7,10-11,14H2,(H,15,16,18). The molecule has 0 spiro atoms. The number of amides is 1. The fourth-order valence-electron chi connectivity index (χ4n) is 1.47. The third kappa shape index (κ3) is 6.10. The van der Waals surface area contributed by atoms with Gasteiger partial charge in [-0.15, -0.1) is 0 Å². The Morgan fingerprint density at radius 3 is 2.56 bits per heavy atom. The van der Waals surface area contributed by atoms with E-state index in [1.165, 1.54) is 0 Å². The Hall–Kier alpha value is -1.75. The van der Waals surface area contributed by atoms with Crippen molar-refractivity contribution in [2.45, 2.75) is 25.7 Å². The van der Waals surface area contributed by atoms with Crippen molar-refractivity contribution in [1.29, 1.82) is 0 Å². The van der Waals surface area contributed by atoms with Gasteiger partial charge in [0, 0.05) is 5.56 Å². The molecule has 0 fully saturated rings. The van der Waals surface area contributed by atoms with Crippen LogP contribution in [0.3, 0.4) is 0 Å². The highest BCUT2D eigenvalue weighted by Crippen LogP contribution is 1.99. The van der Waals surface area contributed by atoms with E-state index in [9.17, 15) is 4.79 Å². The Balaban J connectivity index is 2.11. The molecule has 0 aliphatic rings. The molecule has 1 aromatic carbocycles. The molecule has 1 amide bonds. The Morgan fingerprint density at radius 1 is 1.11 bits per heavy atom. The van der Waals surface area contributed by atoms with E-state index in [1.807, 2.05) is 18.2 Å². The van der Waals surface area contributed by atoms with Crippen molar-refractivity contribution in [3.05, 3.63) is 35.9 Å². The molecule has 3 N–H and O–H groups in total. The molecular formula is C13H20N4O. The smallest absolute Gasteiger partial charge is 0.272 e. The van der Waals surface area contributed by atoms with Crippen LogP contribution in [-0.2, 0) is 0 Å². The molecular weight excluding hydrogens is 228 g/mol. The van der Waals surface area contributed by atoms with Crippen molar-refractivity contribution < 1.29 is 4.79 Å². The molecule has 0 aromatic heterocycles. The van der Waals surface area contributed by atoms with Gasteiger partial charge in [0.25, 0.3) is 5.91 Å². The predicted octanol–water partition coefficient (Wildman–Crippen LogP) is 2.30. The zero-order valence-electron chi connectivity index (χ0n) is 10.5. The van der Waals surface area contributed by atoms with E-state index in [-0.39, 0.29) is 5.91 Å². The lowest BCUT2D eigenvalue weighted by molar-refractivity contribution is 0.0951. The average molecular weight is 248 g/mol. The lowest BCUT2D eigenvalue weighted by atomic mass is 10.2. The van der Waals surface area contributed by atoms with E-state index >= 15 is 0 Å². The molecule has 0 saturated heterocycles. The molecule has 5 heteroatoms. The first-order valence-corrected chi connectivity index (χ1v) is 6.26. The van der Waals surface area contributed by atoms with Crippen molar-refractivity contribution >= 4 is 5.91 Å². The van der Waals surface area contributed by atoms with Gasteiger partial charge in [0.1, 0.15) is 0 Å². The third-order valence-corrected chi connectivity index (χ3v) is 2.47. The molecule has 1 aromatic rings. The fourth-order valence-corrected chi connectivity index (χ4v) is 1.47. The summed E-state index contributed by atoms with van der Waals surface area (Å²) in [6, 6.07) is 8.95. The summed E-state index contributed by atoms with van der Waals surface area (Å²) in [4.78, 5) is 11.5. The number of hydrogen-bond acceptors (Lipinski definition) is 4. The lowest BCUT2D eigenvalue weighted by Crippen LogP contribution is -2.16. The van der Waals surface area contributed by atoms with Gasteiger partial charge < -0.3 is 5.73 Å². The Labute approximate surface area is 107 Å². The molecule has 18 heavy (non-hydrogen) atoms. The van der Waals surface area contributed by atoms with Gasteiger partial charge in [-0.2, -0.15) is 5.11 Å². The molecule has 98 valence electrons. The van der Waals surface area contributed by atoms with Gasteiger partial charge in [-0.25, -0.2) is 5.43 Å². The van der Waals surface area contributed by atoms with Crippen LogP contribution in [0.15, 0.2) is 40.7 Å². The minimum Gasteiger partial charge on any atom is -0.330 e. The molecule has 0 atom stereocenters. The Morgan fingerprint density at radius 2 is 1.83 bits per heavy atom. The van der Waals surface area contributed by atoms with Crippen molar-refractivity contribution in [1.82, 2.24) is 5.43 Å². The molecule has 0 bridgehead atoms. The van der Waals surface area contributed by atoms with Crippen LogP contribution in [0.5, 0.6) is 0 Å². The van der Waals surface area contributed by atoms with Gasteiger partial charge in [-0.3, -0.25) is 4.79 Å². The predicted molar refractivity (Wildman–Crippen MR) is 71.2 cm³/mol. The van der Waals surface area contributed by atoms with E-state index in [1.54, 1.807) is 12.1 Å². The van der Waals surface area contributed by atoms with Crippen molar-refractivity contribution in [2.75, 3.05) is 13.1 Å². The first-order valence-electron chi connectivity index (χ1n) is 6.26. The minimum absolute atomic E-state index is 0.234. The van der Waals surface area contributed by atoms with Gasteiger partial charge in [-0.1, -0.05) is 36.3 Å². The third-order valence-electron chi connectivity index (χ3n) is 2.47. The maximum absolute atomic E-state index is 11.5. The van der Waals surface area contributed by atoms with Gasteiger partial charge in [0.2, 0.25) is 0 Å². The highest BCUT2D eigenvalue weighted by Gasteiger charge is 2.01. The van der Waals surface area contributed by atoms with Gasteiger partial charge in [0.15, 0.2) is 0 Å². The molecule has 0 saturated carbocycles. The van der Waals surface area contributed by atoms with Crippen LogP contribution in [0.25, 0.3) is 0 Å². The van der Waals surface area contributed by atoms with Gasteiger partial charge in [-0.05, 0) is 31.5 Å². The van der Waals surface area contributed by atoms with E-state index in [0.29, 0.717) is 12.1 Å². The topological polar surface area (TPSA) is 79.8 Å². The summed E-state index contributed by atoms with van der Waals surface area (Å²) in [5.41, 5.74) is 8.37. The highest BCUT2D eigenvalue weighted by molar-refractivity contribution is 5.93. The van der Waals surface area contributed by atoms with Crippen LogP contribution in [0, 0.1) is 0 Å². The SMILES string of the molecule is NCCCCCCN=NNC(=O)c1ccccc1. The number of rotatable bonds is 8. The number of nitrogens with two attached hydrogens (primary N) is 1. The summed E-state index contributed by atoms with van der Waals surface area (Å²) < 4.78 is 0. The zero-order valence-corrected chi connectivity index (χ0v) is 10.5. The zero-order chi connectivity index (χ0) is 13.1. The van der Waals surface area contributed by atoms with E-state index in [4.69, 9.17) is 5.73 Å². The molecule has 0 unspecified atom stereocenters. The number of hydrogen-bond donors (Lipinski definition) is 2. The molecule has 1 rings (SSSR count). The summed E-state index contributed by atoms with van der Waals surface area (Å²) in [6.07, 6.45) is 4.26. The van der Waals surface area contributed by atoms with Gasteiger partial charge >= 0.3 is 0 Å². The maximum Gasteiger partial charge on any atom is 0.272 e. The summed E-state index contributed by atoms with van der Waals surface area (Å²) in [7, 11) is 0. The van der Waals surface area contributed by atoms with Crippen LogP contribution in [-0.4, -0.2) is 19.0 Å². The molecule has 0 aliphatic carbocycles. The summed E-state index contributed by atoms with van der Waals surface area (Å²) in [5, 5.41) is 7.56. The number of unbranched alkanes of at least 4 members (excludes halogenated alkanes) is 3. The first kappa shape index (κ1) is 14.3. The summed E-state index contributed by atoms with van der Waals surface area (Å²) >= 11 is 0. The normalized spacial score (nSPS) is 10.7. The van der Waals surface area contributed by atoms with Crippen LogP contribution in [0.1, 0.15) is 36.0 Å². The molecule has 0 radical (unpaired) electrons. The number of carbonyl (C=O) groups excluding carboxylic acids is 1. The number of nitrogens with zero attached hydrogens (tertiary/aromatic N) is 2.